The number of hydrogen-bond acceptors (Lipinski definition) is 6. The molecular formula is C20H24N4O4. The molecule has 3 rings (SSSR count). The molecule has 28 heavy (non-hydrogen) atoms. The molecule has 0 aromatic heterocycles. The Kier molecular flexibility index (Phi) is 5.93. The van der Waals surface area contributed by atoms with Crippen LogP contribution in [0.15, 0.2) is 48.5 Å². The number of nitrogen functional groups attached to an aromatic ring is 1. The smallest absolute Gasteiger partial charge is 0.255 e. The lowest BCUT2D eigenvalue weighted by Gasteiger charge is -2.24. The largest absolute Gasteiger partial charge is 0.380 e. The number of aliphatic hydroxyl groups excluding tert-OH is 2. The van der Waals surface area contributed by atoms with Crippen LogP contribution in [0.2, 0.25) is 0 Å². The number of nitrogens with zero attached hydrogens (tertiary/aromatic N) is 1. The number of carbonyl (C=O) groups is 2. The summed E-state index contributed by atoms with van der Waals surface area (Å²) in [5.41, 5.74) is 6.00. The molecule has 0 saturated carbocycles. The van der Waals surface area contributed by atoms with E-state index in [0.29, 0.717) is 13.1 Å². The summed E-state index contributed by atoms with van der Waals surface area (Å²) < 4.78 is 0. The third-order valence-corrected chi connectivity index (χ3v) is 4.91. The Morgan fingerprint density at radius 1 is 1.00 bits per heavy atom. The van der Waals surface area contributed by atoms with Gasteiger partial charge in [0, 0.05) is 18.8 Å². The normalized spacial score (nSPS) is 16.1. The highest BCUT2D eigenvalue weighted by atomic mass is 16.3. The van der Waals surface area contributed by atoms with Gasteiger partial charge in [0.1, 0.15) is 0 Å². The minimum Gasteiger partial charge on any atom is -0.380 e. The fourth-order valence-corrected chi connectivity index (χ4v) is 3.20. The zero-order valence-corrected chi connectivity index (χ0v) is 15.5. The Bertz CT molecular complexity index is 831. The zero-order valence-electron chi connectivity index (χ0n) is 15.5. The van der Waals surface area contributed by atoms with Crippen molar-refractivity contribution in [3.63, 3.8) is 0 Å². The molecule has 148 valence electrons. The lowest BCUT2D eigenvalue weighted by molar-refractivity contribution is -0.153. The molecule has 0 fully saturated rings. The molecule has 0 saturated heterocycles. The van der Waals surface area contributed by atoms with Gasteiger partial charge in [0.2, 0.25) is 0 Å². The molecule has 0 radical (unpaired) electrons. The van der Waals surface area contributed by atoms with Gasteiger partial charge in [-0.15, -0.1) is 0 Å². The second kappa shape index (κ2) is 8.39. The Hall–Kier alpha value is -2.94. The predicted molar refractivity (Wildman–Crippen MR) is 104 cm³/mol. The number of hydrazine groups is 1. The van der Waals surface area contributed by atoms with E-state index in [0.717, 1.165) is 22.4 Å². The first kappa shape index (κ1) is 19.8. The number of benzene rings is 2. The summed E-state index contributed by atoms with van der Waals surface area (Å²) in [6, 6.07) is 14.2. The number of hydrogen-bond donors (Lipinski definition) is 5. The highest BCUT2D eigenvalue weighted by Crippen LogP contribution is 2.23. The van der Waals surface area contributed by atoms with Gasteiger partial charge in [-0.1, -0.05) is 36.4 Å². The maximum Gasteiger partial charge on any atom is 0.255 e. The quantitative estimate of drug-likeness (QED) is 0.363. The molecule has 8 nitrogen and oxygen atoms in total. The summed E-state index contributed by atoms with van der Waals surface area (Å²) in [6.07, 6.45) is -3.69. The molecule has 6 N–H and O–H groups in total. The molecule has 0 aliphatic carbocycles. The van der Waals surface area contributed by atoms with E-state index < -0.39 is 30.1 Å². The van der Waals surface area contributed by atoms with Gasteiger partial charge in [-0.3, -0.25) is 15.4 Å². The molecule has 2 amide bonds. The number of amides is 2. The van der Waals surface area contributed by atoms with Gasteiger partial charge >= 0.3 is 0 Å². The van der Waals surface area contributed by atoms with Crippen molar-refractivity contribution >= 4 is 17.5 Å². The van der Waals surface area contributed by atoms with Crippen LogP contribution in [0.4, 0.5) is 5.69 Å². The first-order valence-corrected chi connectivity index (χ1v) is 8.99. The molecular weight excluding hydrogens is 360 g/mol. The van der Waals surface area contributed by atoms with E-state index in [2.05, 4.69) is 10.7 Å². The van der Waals surface area contributed by atoms with Crippen molar-refractivity contribution in [1.82, 2.24) is 10.2 Å². The summed E-state index contributed by atoms with van der Waals surface area (Å²) >= 11 is 0. The molecule has 2 aromatic carbocycles. The lowest BCUT2D eigenvalue weighted by Crippen LogP contribution is -2.50. The van der Waals surface area contributed by atoms with Crippen molar-refractivity contribution in [2.75, 3.05) is 5.43 Å². The minimum absolute atomic E-state index is 0.346. The summed E-state index contributed by atoms with van der Waals surface area (Å²) in [5, 5.41) is 23.0. The van der Waals surface area contributed by atoms with Gasteiger partial charge in [0.25, 0.3) is 11.8 Å². The van der Waals surface area contributed by atoms with Crippen LogP contribution < -0.4 is 16.6 Å². The van der Waals surface area contributed by atoms with Crippen LogP contribution in [0.1, 0.15) is 29.7 Å². The number of nitrogens with two attached hydrogens (primary N) is 1. The van der Waals surface area contributed by atoms with E-state index in [1.165, 1.54) is 4.90 Å². The van der Waals surface area contributed by atoms with E-state index in [1.807, 2.05) is 24.3 Å². The average Bonchev–Trinajstić information content (AvgIpc) is 3.16. The third kappa shape index (κ3) is 4.14. The lowest BCUT2D eigenvalue weighted by atomic mass is 10.1. The minimum atomic E-state index is -1.86. The first-order chi connectivity index (χ1) is 13.4. The second-order valence-corrected chi connectivity index (χ2v) is 6.85. The molecule has 1 aliphatic heterocycles. The maximum absolute atomic E-state index is 12.5. The topological polar surface area (TPSA) is 128 Å². The number of carbonyl (C=O) groups excluding carboxylic acids is 2. The second-order valence-electron chi connectivity index (χ2n) is 6.85. The van der Waals surface area contributed by atoms with Gasteiger partial charge in [-0.25, -0.2) is 0 Å². The average molecular weight is 384 g/mol. The van der Waals surface area contributed by atoms with Gasteiger partial charge in [0.05, 0.1) is 6.04 Å². The van der Waals surface area contributed by atoms with Crippen molar-refractivity contribution in [1.29, 1.82) is 0 Å². The third-order valence-electron chi connectivity index (χ3n) is 4.91. The van der Waals surface area contributed by atoms with Crippen LogP contribution in [0.5, 0.6) is 0 Å². The molecule has 1 aliphatic rings. The van der Waals surface area contributed by atoms with Crippen molar-refractivity contribution < 1.29 is 19.8 Å². The van der Waals surface area contributed by atoms with E-state index in [4.69, 9.17) is 5.84 Å². The number of rotatable bonds is 6. The highest BCUT2D eigenvalue weighted by molar-refractivity contribution is 5.91. The van der Waals surface area contributed by atoms with Gasteiger partial charge in [-0.05, 0) is 35.7 Å². The van der Waals surface area contributed by atoms with Crippen molar-refractivity contribution in [2.24, 2.45) is 5.84 Å². The van der Waals surface area contributed by atoms with Crippen molar-refractivity contribution in [3.8, 4) is 0 Å². The fraction of sp³-hybridized carbons (Fsp3) is 0.300. The van der Waals surface area contributed by atoms with Crippen LogP contribution >= 0.6 is 0 Å². The molecule has 1 heterocycles. The first-order valence-electron chi connectivity index (χ1n) is 8.99. The van der Waals surface area contributed by atoms with Crippen molar-refractivity contribution in [2.45, 2.75) is 38.3 Å². The van der Waals surface area contributed by atoms with E-state index in [1.54, 1.807) is 31.2 Å². The molecule has 0 spiro atoms. The summed E-state index contributed by atoms with van der Waals surface area (Å²) in [7, 11) is 0. The Labute approximate surface area is 162 Å². The van der Waals surface area contributed by atoms with Crippen LogP contribution in [-0.2, 0) is 22.7 Å². The Morgan fingerprint density at radius 2 is 1.57 bits per heavy atom. The number of nitrogens with one attached hydrogen (secondary N) is 2. The Balaban J connectivity index is 1.58. The number of fused-ring (bicyclic) bond motifs is 1. The summed E-state index contributed by atoms with van der Waals surface area (Å²) in [5.74, 6) is 3.83. The maximum atomic E-state index is 12.5. The summed E-state index contributed by atoms with van der Waals surface area (Å²) in [4.78, 5) is 26.2. The molecule has 8 heteroatoms. The van der Waals surface area contributed by atoms with E-state index in [-0.39, 0.29) is 0 Å². The standard InChI is InChI=1S/C20H24N4O4/c1-12(13-6-8-16(23-21)9-7-13)22-19(27)17(25)18(26)20(28)24-10-14-4-2-3-5-15(14)11-24/h2-9,12,17-18,23,25-26H,10-11,21H2,1H3,(H,22,27)/t12-,17-,18-/m1/s1. The Morgan fingerprint density at radius 3 is 2.11 bits per heavy atom. The van der Waals surface area contributed by atoms with Gasteiger partial charge in [-0.2, -0.15) is 0 Å². The summed E-state index contributed by atoms with van der Waals surface area (Å²) in [6.45, 7) is 2.43. The SMILES string of the molecule is C[C@@H](NC(=O)[C@H](O)[C@@H](O)C(=O)N1Cc2ccccc2C1)c1ccc(NN)cc1. The molecule has 0 unspecified atom stereocenters. The number of anilines is 1. The number of aliphatic hydroxyl groups is 2. The van der Waals surface area contributed by atoms with Crippen LogP contribution in [0.25, 0.3) is 0 Å². The molecule has 3 atom stereocenters. The van der Waals surface area contributed by atoms with Crippen LogP contribution in [0.3, 0.4) is 0 Å². The van der Waals surface area contributed by atoms with E-state index in [9.17, 15) is 19.8 Å². The van der Waals surface area contributed by atoms with Gasteiger partial charge in [0.15, 0.2) is 12.2 Å². The molecule has 0 bridgehead atoms. The monoisotopic (exact) mass is 384 g/mol. The van der Waals surface area contributed by atoms with Crippen molar-refractivity contribution in [3.05, 3.63) is 65.2 Å². The zero-order chi connectivity index (χ0) is 20.3. The van der Waals surface area contributed by atoms with Gasteiger partial charge < -0.3 is 25.9 Å². The fourth-order valence-electron chi connectivity index (χ4n) is 3.20. The van der Waals surface area contributed by atoms with Crippen LogP contribution in [-0.4, -0.2) is 39.1 Å². The highest BCUT2D eigenvalue weighted by Gasteiger charge is 2.35. The van der Waals surface area contributed by atoms with E-state index >= 15 is 0 Å². The molecule has 2 aromatic rings. The predicted octanol–water partition coefficient (Wildman–Crippen LogP) is 0.414. The van der Waals surface area contributed by atoms with Crippen LogP contribution in [0, 0.1) is 0 Å².